The lowest BCUT2D eigenvalue weighted by Gasteiger charge is -2.25. The van der Waals surface area contributed by atoms with E-state index in [4.69, 9.17) is 4.74 Å². The van der Waals surface area contributed by atoms with Crippen molar-refractivity contribution in [1.29, 1.82) is 0 Å². The van der Waals surface area contributed by atoms with Gasteiger partial charge in [-0.25, -0.2) is 13.8 Å². The lowest BCUT2D eigenvalue weighted by molar-refractivity contribution is -0.120. The highest BCUT2D eigenvalue weighted by Crippen LogP contribution is 2.23. The number of aliphatic hydroxyl groups excluding tert-OH is 1. The van der Waals surface area contributed by atoms with Crippen molar-refractivity contribution in [2.24, 2.45) is 0 Å². The number of thioether (sulfide) groups is 1. The number of H-pyrrole nitrogens is 1. The number of amides is 1. The molecule has 40 heavy (non-hydrogen) atoms. The summed E-state index contributed by atoms with van der Waals surface area (Å²) in [5.41, 5.74) is 5.46. The number of ether oxygens (including phenoxy) is 1. The summed E-state index contributed by atoms with van der Waals surface area (Å²) in [5.74, 6) is -1.03. The zero-order valence-corrected chi connectivity index (χ0v) is 23.6. The van der Waals surface area contributed by atoms with Crippen LogP contribution in [0.4, 0.5) is 8.78 Å². The molecule has 3 aromatic carbocycles. The molecule has 1 unspecified atom stereocenters. The first kappa shape index (κ1) is 29.5. The third-order valence-electron chi connectivity index (χ3n) is 6.80. The standard InChI is InChI=1S/C30H34F2N4O3S/c1-4-20-6-5-7-21(18(20)2)15-33-16-28(37)27(12-19-10-22(31)13-23(32)11-19)34-29(38)17-40-30-35-25-9-8-24(39-3)14-26(25)36-30/h5-11,13-14,27-28,33,37H,4,12,15-17H2,1-3H3,(H,34,38)(H,35,36)/t27?,28-/m1/s1. The van der Waals surface area contributed by atoms with E-state index in [1.54, 1.807) is 13.2 Å². The second kappa shape index (κ2) is 13.7. The van der Waals surface area contributed by atoms with E-state index in [1.807, 2.05) is 24.3 Å². The number of halogens is 2. The van der Waals surface area contributed by atoms with Gasteiger partial charge in [0.25, 0.3) is 0 Å². The van der Waals surface area contributed by atoms with Gasteiger partial charge in [-0.15, -0.1) is 0 Å². The fourth-order valence-corrected chi connectivity index (χ4v) is 5.31. The van der Waals surface area contributed by atoms with Crippen LogP contribution >= 0.6 is 11.8 Å². The van der Waals surface area contributed by atoms with Gasteiger partial charge in [0.1, 0.15) is 17.4 Å². The zero-order valence-electron chi connectivity index (χ0n) is 22.8. The van der Waals surface area contributed by atoms with Crippen LogP contribution in [0, 0.1) is 18.6 Å². The number of nitrogens with zero attached hydrogens (tertiary/aromatic N) is 1. The van der Waals surface area contributed by atoms with Crippen molar-refractivity contribution >= 4 is 28.7 Å². The molecule has 0 aliphatic rings. The Hall–Kier alpha value is -3.47. The Bertz CT molecular complexity index is 1440. The van der Waals surface area contributed by atoms with Crippen molar-refractivity contribution in [3.63, 3.8) is 0 Å². The van der Waals surface area contributed by atoms with Crippen molar-refractivity contribution in [2.45, 2.75) is 50.5 Å². The van der Waals surface area contributed by atoms with Crippen molar-refractivity contribution in [3.05, 3.63) is 88.5 Å². The number of carbonyl (C=O) groups excluding carboxylic acids is 1. The van der Waals surface area contributed by atoms with Crippen LogP contribution < -0.4 is 15.4 Å². The summed E-state index contributed by atoms with van der Waals surface area (Å²) in [6, 6.07) is 14.0. The smallest absolute Gasteiger partial charge is 0.230 e. The molecule has 4 aromatic rings. The number of fused-ring (bicyclic) bond motifs is 1. The summed E-state index contributed by atoms with van der Waals surface area (Å²) in [7, 11) is 1.58. The summed E-state index contributed by atoms with van der Waals surface area (Å²) in [4.78, 5) is 20.5. The van der Waals surface area contributed by atoms with Gasteiger partial charge >= 0.3 is 0 Å². The molecule has 4 N–H and O–H groups in total. The second-order valence-electron chi connectivity index (χ2n) is 9.62. The molecule has 0 saturated heterocycles. The van der Waals surface area contributed by atoms with E-state index in [2.05, 4.69) is 40.5 Å². The van der Waals surface area contributed by atoms with E-state index in [9.17, 15) is 18.7 Å². The molecule has 10 heteroatoms. The van der Waals surface area contributed by atoms with Crippen LogP contribution in [-0.2, 0) is 24.2 Å². The molecule has 0 radical (unpaired) electrons. The number of aryl methyl sites for hydroxylation is 1. The van der Waals surface area contributed by atoms with Gasteiger partial charge in [0, 0.05) is 25.2 Å². The lowest BCUT2D eigenvalue weighted by atomic mass is 9.99. The van der Waals surface area contributed by atoms with Gasteiger partial charge in [-0.05, 0) is 66.3 Å². The number of nitrogens with one attached hydrogen (secondary N) is 3. The van der Waals surface area contributed by atoms with Gasteiger partial charge in [0.05, 0.1) is 36.0 Å². The molecule has 1 aromatic heterocycles. The minimum atomic E-state index is -1.01. The van der Waals surface area contributed by atoms with E-state index in [1.165, 1.54) is 35.0 Å². The quantitative estimate of drug-likeness (QED) is 0.175. The molecule has 2 atom stereocenters. The number of carbonyl (C=O) groups is 1. The third kappa shape index (κ3) is 7.80. The molecular formula is C30H34F2N4O3S. The fourth-order valence-electron chi connectivity index (χ4n) is 4.62. The molecule has 0 aliphatic carbocycles. The van der Waals surface area contributed by atoms with Gasteiger partial charge in [-0.1, -0.05) is 36.9 Å². The van der Waals surface area contributed by atoms with Crippen LogP contribution in [0.25, 0.3) is 11.0 Å². The van der Waals surface area contributed by atoms with Crippen LogP contribution in [-0.4, -0.2) is 52.5 Å². The Morgan fingerprint density at radius 1 is 1.12 bits per heavy atom. The molecule has 0 fully saturated rings. The van der Waals surface area contributed by atoms with E-state index in [0.29, 0.717) is 23.0 Å². The van der Waals surface area contributed by atoms with Crippen LogP contribution in [0.15, 0.2) is 59.8 Å². The van der Waals surface area contributed by atoms with Crippen LogP contribution in [0.5, 0.6) is 5.75 Å². The van der Waals surface area contributed by atoms with Gasteiger partial charge < -0.3 is 25.5 Å². The fraction of sp³-hybridized carbons (Fsp3) is 0.333. The van der Waals surface area contributed by atoms with Gasteiger partial charge in [-0.2, -0.15) is 0 Å². The molecule has 0 spiro atoms. The second-order valence-corrected chi connectivity index (χ2v) is 10.6. The van der Waals surface area contributed by atoms with Crippen LogP contribution in [0.1, 0.15) is 29.2 Å². The molecule has 1 heterocycles. The summed E-state index contributed by atoms with van der Waals surface area (Å²) >= 11 is 1.22. The summed E-state index contributed by atoms with van der Waals surface area (Å²) in [6.45, 7) is 4.90. The Balaban J connectivity index is 1.40. The predicted molar refractivity (Wildman–Crippen MR) is 154 cm³/mol. The van der Waals surface area contributed by atoms with Gasteiger partial charge in [0.2, 0.25) is 5.91 Å². The predicted octanol–water partition coefficient (Wildman–Crippen LogP) is 4.69. The first-order chi connectivity index (χ1) is 19.2. The third-order valence-corrected chi connectivity index (χ3v) is 7.68. The Labute approximate surface area is 236 Å². The van der Waals surface area contributed by atoms with E-state index < -0.39 is 23.8 Å². The maximum Gasteiger partial charge on any atom is 0.230 e. The molecule has 212 valence electrons. The highest BCUT2D eigenvalue weighted by molar-refractivity contribution is 7.99. The van der Waals surface area contributed by atoms with Crippen molar-refractivity contribution < 1.29 is 23.4 Å². The summed E-state index contributed by atoms with van der Waals surface area (Å²) in [6.07, 6.45) is -0.0163. The molecule has 0 aliphatic heterocycles. The number of hydrogen-bond acceptors (Lipinski definition) is 6. The van der Waals surface area contributed by atoms with E-state index in [0.717, 1.165) is 29.1 Å². The highest BCUT2D eigenvalue weighted by atomic mass is 32.2. The summed E-state index contributed by atoms with van der Waals surface area (Å²) in [5, 5.41) is 17.7. The van der Waals surface area contributed by atoms with Crippen molar-refractivity contribution in [2.75, 3.05) is 19.4 Å². The molecule has 0 bridgehead atoms. The molecule has 0 saturated carbocycles. The largest absolute Gasteiger partial charge is 0.497 e. The topological polar surface area (TPSA) is 99.3 Å². The van der Waals surface area contributed by atoms with E-state index >= 15 is 0 Å². The minimum Gasteiger partial charge on any atom is -0.497 e. The van der Waals surface area contributed by atoms with Crippen molar-refractivity contribution in [3.8, 4) is 5.75 Å². The number of rotatable bonds is 13. The number of hydrogen-bond donors (Lipinski definition) is 4. The Kier molecular flexibility index (Phi) is 10.1. The van der Waals surface area contributed by atoms with E-state index in [-0.39, 0.29) is 24.6 Å². The maximum absolute atomic E-state index is 13.9. The van der Waals surface area contributed by atoms with Crippen LogP contribution in [0.2, 0.25) is 0 Å². The van der Waals surface area contributed by atoms with Gasteiger partial charge in [-0.3, -0.25) is 4.79 Å². The van der Waals surface area contributed by atoms with Crippen LogP contribution in [0.3, 0.4) is 0 Å². The normalized spacial score (nSPS) is 12.8. The average molecular weight is 569 g/mol. The summed E-state index contributed by atoms with van der Waals surface area (Å²) < 4.78 is 32.9. The van der Waals surface area contributed by atoms with Gasteiger partial charge in [0.15, 0.2) is 5.16 Å². The average Bonchev–Trinajstić information content (AvgIpc) is 3.34. The first-order valence-electron chi connectivity index (χ1n) is 13.1. The number of aromatic amines is 1. The molecule has 4 rings (SSSR count). The molecule has 7 nitrogen and oxygen atoms in total. The zero-order chi connectivity index (χ0) is 28.6. The van der Waals surface area contributed by atoms with Crippen molar-refractivity contribution in [1.82, 2.24) is 20.6 Å². The maximum atomic E-state index is 13.9. The monoisotopic (exact) mass is 568 g/mol. The highest BCUT2D eigenvalue weighted by Gasteiger charge is 2.23. The first-order valence-corrected chi connectivity index (χ1v) is 14.1. The minimum absolute atomic E-state index is 0.0358. The number of aromatic nitrogens is 2. The molecule has 1 amide bonds. The SMILES string of the molecule is CCc1cccc(CNC[C@@H](O)C(Cc2cc(F)cc(F)c2)NC(=O)CSc2nc3ccc(OC)cc3[nH]2)c1C. The number of imidazole rings is 1. The Morgan fingerprint density at radius 3 is 2.60 bits per heavy atom. The number of benzene rings is 3. The number of methoxy groups -OCH3 is 1. The molecular weight excluding hydrogens is 534 g/mol. The lowest BCUT2D eigenvalue weighted by Crippen LogP contribution is -2.49. The Morgan fingerprint density at radius 2 is 1.88 bits per heavy atom. The number of aliphatic hydroxyl groups is 1.